The summed E-state index contributed by atoms with van der Waals surface area (Å²) in [6.45, 7) is 4.37. The van der Waals surface area contributed by atoms with E-state index in [9.17, 15) is 18.0 Å². The number of hydrogen-bond donors (Lipinski definition) is 1. The van der Waals surface area contributed by atoms with E-state index < -0.39 is 11.6 Å². The smallest absolute Gasteiger partial charge is 0.225 e. The van der Waals surface area contributed by atoms with Crippen molar-refractivity contribution in [3.05, 3.63) is 65.5 Å². The van der Waals surface area contributed by atoms with Crippen LogP contribution in [0.5, 0.6) is 0 Å². The van der Waals surface area contributed by atoms with Gasteiger partial charge >= 0.3 is 0 Å². The summed E-state index contributed by atoms with van der Waals surface area (Å²) in [7, 11) is 0. The van der Waals surface area contributed by atoms with Crippen LogP contribution in [0.3, 0.4) is 0 Å². The van der Waals surface area contributed by atoms with Crippen molar-refractivity contribution >= 4 is 11.6 Å². The highest BCUT2D eigenvalue weighted by molar-refractivity contribution is 5.90. The second-order valence-corrected chi connectivity index (χ2v) is 6.64. The van der Waals surface area contributed by atoms with Gasteiger partial charge in [-0.15, -0.1) is 0 Å². The molecule has 0 saturated carbocycles. The summed E-state index contributed by atoms with van der Waals surface area (Å²) in [5.41, 5.74) is 0.936. The van der Waals surface area contributed by atoms with Gasteiger partial charge in [0.2, 0.25) is 5.91 Å². The lowest BCUT2D eigenvalue weighted by Gasteiger charge is -2.34. The number of benzene rings is 2. The lowest BCUT2D eigenvalue weighted by Crippen LogP contribution is -2.46. The van der Waals surface area contributed by atoms with E-state index in [1.807, 2.05) is 6.07 Å². The van der Waals surface area contributed by atoms with Gasteiger partial charge in [-0.3, -0.25) is 9.69 Å². The van der Waals surface area contributed by atoms with E-state index in [1.54, 1.807) is 12.1 Å². The Morgan fingerprint density at radius 2 is 1.59 bits per heavy atom. The molecule has 1 aliphatic heterocycles. The monoisotopic (exact) mass is 377 g/mol. The van der Waals surface area contributed by atoms with Gasteiger partial charge in [0.25, 0.3) is 0 Å². The third kappa shape index (κ3) is 5.55. The first-order valence-corrected chi connectivity index (χ1v) is 8.94. The topological polar surface area (TPSA) is 35.6 Å². The van der Waals surface area contributed by atoms with Gasteiger partial charge in [-0.25, -0.2) is 13.2 Å². The van der Waals surface area contributed by atoms with Crippen molar-refractivity contribution in [2.24, 2.45) is 0 Å². The molecule has 144 valence electrons. The third-order valence-corrected chi connectivity index (χ3v) is 4.68. The van der Waals surface area contributed by atoms with Crippen molar-refractivity contribution in [1.29, 1.82) is 0 Å². The quantitative estimate of drug-likeness (QED) is 0.840. The van der Waals surface area contributed by atoms with Gasteiger partial charge in [-0.2, -0.15) is 0 Å². The highest BCUT2D eigenvalue weighted by atomic mass is 19.2. The molecule has 1 aliphatic rings. The number of carbonyl (C=O) groups excluding carboxylic acids is 1. The van der Waals surface area contributed by atoms with Gasteiger partial charge < -0.3 is 10.2 Å². The van der Waals surface area contributed by atoms with Gasteiger partial charge in [-0.05, 0) is 18.2 Å². The largest absolute Gasteiger partial charge is 0.326 e. The van der Waals surface area contributed by atoms with E-state index >= 15 is 0 Å². The maximum Gasteiger partial charge on any atom is 0.225 e. The molecule has 0 spiro atoms. The summed E-state index contributed by atoms with van der Waals surface area (Å²) in [6, 6.07) is 10.1. The molecule has 0 unspecified atom stereocenters. The fourth-order valence-corrected chi connectivity index (χ4v) is 3.10. The highest BCUT2D eigenvalue weighted by Crippen LogP contribution is 2.14. The Hall–Kier alpha value is -2.38. The van der Waals surface area contributed by atoms with Crippen LogP contribution >= 0.6 is 0 Å². The van der Waals surface area contributed by atoms with Gasteiger partial charge in [-0.1, -0.05) is 18.2 Å². The van der Waals surface area contributed by atoms with Crippen molar-refractivity contribution < 1.29 is 18.0 Å². The van der Waals surface area contributed by atoms with E-state index in [4.69, 9.17) is 0 Å². The summed E-state index contributed by atoms with van der Waals surface area (Å²) in [4.78, 5) is 16.3. The highest BCUT2D eigenvalue weighted by Gasteiger charge is 2.18. The molecule has 1 amide bonds. The number of nitrogens with one attached hydrogen (secondary N) is 1. The van der Waals surface area contributed by atoms with E-state index in [-0.39, 0.29) is 23.8 Å². The molecular formula is C20H22F3N3O. The summed E-state index contributed by atoms with van der Waals surface area (Å²) in [5.74, 6) is -2.36. The van der Waals surface area contributed by atoms with Crippen molar-refractivity contribution in [2.75, 3.05) is 38.0 Å². The Morgan fingerprint density at radius 1 is 0.889 bits per heavy atom. The minimum atomic E-state index is -0.987. The zero-order chi connectivity index (χ0) is 19.2. The molecule has 7 heteroatoms. The Balaban J connectivity index is 1.39. The minimum absolute atomic E-state index is 0.186. The zero-order valence-electron chi connectivity index (χ0n) is 14.9. The molecule has 0 aliphatic carbocycles. The standard InChI is InChI=1S/C20H22F3N3O/c21-17-4-2-1-3-15(17)14-26-11-9-25(10-12-26)8-7-20(27)24-16-5-6-18(22)19(23)13-16/h1-6,13H,7-12,14H2,(H,24,27). The molecule has 0 radical (unpaired) electrons. The van der Waals surface area contributed by atoms with E-state index in [0.717, 1.165) is 38.3 Å². The van der Waals surface area contributed by atoms with Gasteiger partial charge in [0.1, 0.15) is 5.82 Å². The summed E-state index contributed by atoms with van der Waals surface area (Å²) >= 11 is 0. The second-order valence-electron chi connectivity index (χ2n) is 6.64. The second kappa shape index (κ2) is 9.01. The number of nitrogens with zero attached hydrogens (tertiary/aromatic N) is 2. The molecule has 0 bridgehead atoms. The van der Waals surface area contributed by atoms with Crippen LogP contribution < -0.4 is 5.32 Å². The minimum Gasteiger partial charge on any atom is -0.326 e. The van der Waals surface area contributed by atoms with E-state index in [1.165, 1.54) is 12.1 Å². The van der Waals surface area contributed by atoms with Crippen molar-refractivity contribution in [2.45, 2.75) is 13.0 Å². The van der Waals surface area contributed by atoms with E-state index in [2.05, 4.69) is 15.1 Å². The Morgan fingerprint density at radius 3 is 2.30 bits per heavy atom. The first kappa shape index (κ1) is 19.4. The molecular weight excluding hydrogens is 355 g/mol. The summed E-state index contributed by atoms with van der Waals surface area (Å²) in [5, 5.41) is 2.57. The van der Waals surface area contributed by atoms with Crippen LogP contribution in [0.2, 0.25) is 0 Å². The molecule has 27 heavy (non-hydrogen) atoms. The molecule has 0 aromatic heterocycles. The van der Waals surface area contributed by atoms with Crippen LogP contribution in [0, 0.1) is 17.5 Å². The number of carbonyl (C=O) groups is 1. The van der Waals surface area contributed by atoms with Crippen LogP contribution in [-0.2, 0) is 11.3 Å². The number of rotatable bonds is 6. The molecule has 2 aromatic carbocycles. The molecule has 1 saturated heterocycles. The predicted octanol–water partition coefficient (Wildman–Crippen LogP) is 3.25. The molecule has 4 nitrogen and oxygen atoms in total. The average Bonchev–Trinajstić information content (AvgIpc) is 2.66. The first-order valence-electron chi connectivity index (χ1n) is 8.94. The SMILES string of the molecule is O=C(CCN1CCN(Cc2ccccc2F)CC1)Nc1ccc(F)c(F)c1. The fraction of sp³-hybridized carbons (Fsp3) is 0.350. The predicted molar refractivity (Wildman–Crippen MR) is 97.7 cm³/mol. The third-order valence-electron chi connectivity index (χ3n) is 4.68. The number of hydrogen-bond acceptors (Lipinski definition) is 3. The van der Waals surface area contributed by atoms with Crippen molar-refractivity contribution in [3.63, 3.8) is 0 Å². The maximum absolute atomic E-state index is 13.7. The van der Waals surface area contributed by atoms with Crippen LogP contribution in [0.15, 0.2) is 42.5 Å². The molecule has 1 fully saturated rings. The first-order chi connectivity index (χ1) is 13.0. The molecule has 3 rings (SSSR count). The van der Waals surface area contributed by atoms with Gasteiger partial charge in [0.05, 0.1) is 0 Å². The Labute approximate surface area is 156 Å². The lowest BCUT2D eigenvalue weighted by molar-refractivity contribution is -0.116. The van der Waals surface area contributed by atoms with Gasteiger partial charge in [0.15, 0.2) is 11.6 Å². The van der Waals surface area contributed by atoms with Crippen LogP contribution in [0.4, 0.5) is 18.9 Å². The van der Waals surface area contributed by atoms with Crippen LogP contribution in [0.25, 0.3) is 0 Å². The zero-order valence-corrected chi connectivity index (χ0v) is 14.9. The van der Waals surface area contributed by atoms with Crippen LogP contribution in [-0.4, -0.2) is 48.4 Å². The Bertz CT molecular complexity index is 792. The molecule has 1 N–H and O–H groups in total. The van der Waals surface area contributed by atoms with Gasteiger partial charge in [0, 0.05) is 63.0 Å². The molecule has 2 aromatic rings. The maximum atomic E-state index is 13.7. The normalized spacial score (nSPS) is 15.7. The molecule has 1 heterocycles. The number of amides is 1. The van der Waals surface area contributed by atoms with E-state index in [0.29, 0.717) is 18.7 Å². The Kier molecular flexibility index (Phi) is 6.47. The number of halogens is 3. The van der Waals surface area contributed by atoms with Crippen molar-refractivity contribution in [3.8, 4) is 0 Å². The summed E-state index contributed by atoms with van der Waals surface area (Å²) in [6.07, 6.45) is 0.270. The number of piperazine rings is 1. The average molecular weight is 377 g/mol. The summed E-state index contributed by atoms with van der Waals surface area (Å²) < 4.78 is 39.8. The fourth-order valence-electron chi connectivity index (χ4n) is 3.10. The lowest BCUT2D eigenvalue weighted by atomic mass is 10.2. The molecule has 0 atom stereocenters. The number of anilines is 1. The van der Waals surface area contributed by atoms with Crippen molar-refractivity contribution in [1.82, 2.24) is 9.80 Å². The van der Waals surface area contributed by atoms with Crippen LogP contribution in [0.1, 0.15) is 12.0 Å².